The van der Waals surface area contributed by atoms with E-state index in [1.807, 2.05) is 36.4 Å². The summed E-state index contributed by atoms with van der Waals surface area (Å²) in [7, 11) is 1.59. The van der Waals surface area contributed by atoms with Crippen LogP contribution in [0.15, 0.2) is 84.9 Å². The average Bonchev–Trinajstić information content (AvgIpc) is 3.17. The molecule has 1 N–H and O–H groups in total. The molecule has 0 aliphatic heterocycles. The zero-order chi connectivity index (χ0) is 21.8. The highest BCUT2D eigenvalue weighted by Gasteiger charge is 2.27. The fraction of sp³-hybridized carbons (Fsp3) is 0.0800. The molecule has 1 amide bonds. The first-order valence-electron chi connectivity index (χ1n) is 9.78. The predicted octanol–water partition coefficient (Wildman–Crippen LogP) is 4.67. The van der Waals surface area contributed by atoms with Crippen LogP contribution < -0.4 is 10.1 Å². The number of amides is 1. The first kappa shape index (κ1) is 20.1. The second-order valence-electron chi connectivity index (χ2n) is 6.93. The maximum absolute atomic E-state index is 13.2. The van der Waals surface area contributed by atoms with E-state index >= 15 is 0 Å². The topological polar surface area (TPSA) is 73.2 Å². The van der Waals surface area contributed by atoms with Gasteiger partial charge < -0.3 is 10.1 Å². The maximum atomic E-state index is 13.2. The highest BCUT2D eigenvalue weighted by atomic mass is 16.5. The standard InChI is InChI=1S/C25H21N3O3/c1-17-22(25(30)26-19-11-7-4-8-12-19)23(24(29)18-9-5-3-6-10-18)27-28(17)20-13-15-21(31-2)16-14-20/h3-16H,1-2H3,(H,26,30). The zero-order valence-corrected chi connectivity index (χ0v) is 17.2. The molecule has 0 spiro atoms. The van der Waals surface area contributed by atoms with Crippen LogP contribution in [0.3, 0.4) is 0 Å². The number of anilines is 1. The van der Waals surface area contributed by atoms with E-state index in [0.717, 1.165) is 5.69 Å². The Morgan fingerprint density at radius 1 is 0.871 bits per heavy atom. The van der Waals surface area contributed by atoms with E-state index in [2.05, 4.69) is 10.4 Å². The van der Waals surface area contributed by atoms with Gasteiger partial charge in [-0.3, -0.25) is 9.59 Å². The Labute approximate surface area is 180 Å². The lowest BCUT2D eigenvalue weighted by Gasteiger charge is -2.08. The predicted molar refractivity (Wildman–Crippen MR) is 119 cm³/mol. The molecule has 0 saturated carbocycles. The number of hydrogen-bond donors (Lipinski definition) is 1. The Morgan fingerprint density at radius 2 is 1.48 bits per heavy atom. The van der Waals surface area contributed by atoms with E-state index in [0.29, 0.717) is 22.7 Å². The first-order valence-corrected chi connectivity index (χ1v) is 9.78. The van der Waals surface area contributed by atoms with Gasteiger partial charge in [-0.2, -0.15) is 5.10 Å². The van der Waals surface area contributed by atoms with Crippen molar-refractivity contribution in [1.29, 1.82) is 0 Å². The third kappa shape index (κ3) is 4.09. The third-order valence-corrected chi connectivity index (χ3v) is 4.94. The van der Waals surface area contributed by atoms with Crippen molar-refractivity contribution >= 4 is 17.4 Å². The molecule has 31 heavy (non-hydrogen) atoms. The molecule has 3 aromatic carbocycles. The van der Waals surface area contributed by atoms with Crippen LogP contribution in [0.1, 0.15) is 32.1 Å². The quantitative estimate of drug-likeness (QED) is 0.468. The van der Waals surface area contributed by atoms with Crippen molar-refractivity contribution in [1.82, 2.24) is 9.78 Å². The van der Waals surface area contributed by atoms with Crippen molar-refractivity contribution in [3.05, 3.63) is 107 Å². The van der Waals surface area contributed by atoms with Crippen LogP contribution in [-0.2, 0) is 0 Å². The number of carbonyl (C=O) groups excluding carboxylic acids is 2. The number of benzene rings is 3. The van der Waals surface area contributed by atoms with Gasteiger partial charge in [-0.15, -0.1) is 0 Å². The smallest absolute Gasteiger partial charge is 0.259 e. The molecule has 6 nitrogen and oxygen atoms in total. The van der Waals surface area contributed by atoms with Crippen molar-refractivity contribution in [2.24, 2.45) is 0 Å². The van der Waals surface area contributed by atoms with Crippen molar-refractivity contribution in [3.63, 3.8) is 0 Å². The average molecular weight is 411 g/mol. The van der Waals surface area contributed by atoms with Crippen LogP contribution in [0.2, 0.25) is 0 Å². The highest BCUT2D eigenvalue weighted by molar-refractivity contribution is 6.17. The van der Waals surface area contributed by atoms with Crippen molar-refractivity contribution in [2.75, 3.05) is 12.4 Å². The van der Waals surface area contributed by atoms with Crippen LogP contribution in [0.5, 0.6) is 5.75 Å². The molecule has 0 radical (unpaired) electrons. The third-order valence-electron chi connectivity index (χ3n) is 4.94. The summed E-state index contributed by atoms with van der Waals surface area (Å²) < 4.78 is 6.82. The molecular formula is C25H21N3O3. The number of para-hydroxylation sites is 1. The van der Waals surface area contributed by atoms with Gasteiger partial charge in [0.1, 0.15) is 11.4 Å². The minimum Gasteiger partial charge on any atom is -0.497 e. The number of hydrogen-bond acceptors (Lipinski definition) is 4. The lowest BCUT2D eigenvalue weighted by molar-refractivity contribution is 0.0994. The van der Waals surface area contributed by atoms with Gasteiger partial charge in [0.25, 0.3) is 5.91 Å². The van der Waals surface area contributed by atoms with Gasteiger partial charge in [0, 0.05) is 11.3 Å². The lowest BCUT2D eigenvalue weighted by Crippen LogP contribution is -2.17. The van der Waals surface area contributed by atoms with Gasteiger partial charge in [0.15, 0.2) is 0 Å². The van der Waals surface area contributed by atoms with Crippen molar-refractivity contribution in [2.45, 2.75) is 6.92 Å². The van der Waals surface area contributed by atoms with E-state index in [-0.39, 0.29) is 22.9 Å². The monoisotopic (exact) mass is 411 g/mol. The van der Waals surface area contributed by atoms with Gasteiger partial charge in [0.2, 0.25) is 5.78 Å². The lowest BCUT2D eigenvalue weighted by atomic mass is 10.0. The molecule has 6 heteroatoms. The number of methoxy groups -OCH3 is 1. The van der Waals surface area contributed by atoms with Gasteiger partial charge in [-0.25, -0.2) is 4.68 Å². The van der Waals surface area contributed by atoms with Crippen LogP contribution in [-0.4, -0.2) is 28.6 Å². The summed E-state index contributed by atoms with van der Waals surface area (Å²) >= 11 is 0. The van der Waals surface area contributed by atoms with E-state index in [9.17, 15) is 9.59 Å². The Balaban J connectivity index is 1.81. The second kappa shape index (κ2) is 8.67. The molecule has 1 heterocycles. The molecule has 0 aliphatic rings. The van der Waals surface area contributed by atoms with E-state index in [4.69, 9.17) is 4.74 Å². The summed E-state index contributed by atoms with van der Waals surface area (Å²) in [5, 5.41) is 7.40. The summed E-state index contributed by atoms with van der Waals surface area (Å²) in [5.41, 5.74) is 2.75. The molecule has 0 fully saturated rings. The molecule has 0 unspecified atom stereocenters. The molecule has 0 saturated heterocycles. The van der Waals surface area contributed by atoms with E-state index in [1.54, 1.807) is 67.2 Å². The largest absolute Gasteiger partial charge is 0.497 e. The number of nitrogens with zero attached hydrogens (tertiary/aromatic N) is 2. The Kier molecular flexibility index (Phi) is 5.62. The van der Waals surface area contributed by atoms with Gasteiger partial charge in [-0.1, -0.05) is 48.5 Å². The summed E-state index contributed by atoms with van der Waals surface area (Å²) in [6, 6.07) is 25.2. The Hall–Kier alpha value is -4.19. The molecule has 0 aliphatic carbocycles. The first-order chi connectivity index (χ1) is 15.1. The van der Waals surface area contributed by atoms with Gasteiger partial charge in [-0.05, 0) is 43.3 Å². The van der Waals surface area contributed by atoms with Crippen LogP contribution >= 0.6 is 0 Å². The SMILES string of the molecule is COc1ccc(-n2nc(C(=O)c3ccccc3)c(C(=O)Nc3ccccc3)c2C)cc1. The van der Waals surface area contributed by atoms with Crippen LogP contribution in [0, 0.1) is 6.92 Å². The normalized spacial score (nSPS) is 10.5. The summed E-state index contributed by atoms with van der Waals surface area (Å²) in [6.45, 7) is 1.78. The number of rotatable bonds is 6. The van der Waals surface area contributed by atoms with Crippen molar-refractivity contribution in [3.8, 4) is 11.4 Å². The minimum atomic E-state index is -0.386. The highest BCUT2D eigenvalue weighted by Crippen LogP contribution is 2.24. The molecule has 4 aromatic rings. The minimum absolute atomic E-state index is 0.105. The fourth-order valence-electron chi connectivity index (χ4n) is 3.35. The number of ether oxygens (including phenoxy) is 1. The number of aromatic nitrogens is 2. The van der Waals surface area contributed by atoms with E-state index < -0.39 is 0 Å². The number of carbonyl (C=O) groups is 2. The maximum Gasteiger partial charge on any atom is 0.259 e. The number of ketones is 1. The van der Waals surface area contributed by atoms with Crippen molar-refractivity contribution < 1.29 is 14.3 Å². The van der Waals surface area contributed by atoms with Gasteiger partial charge >= 0.3 is 0 Å². The Bertz CT molecular complexity index is 1210. The van der Waals surface area contributed by atoms with Crippen LogP contribution in [0.4, 0.5) is 5.69 Å². The molecular weight excluding hydrogens is 390 g/mol. The molecule has 0 atom stereocenters. The van der Waals surface area contributed by atoms with Crippen LogP contribution in [0.25, 0.3) is 5.69 Å². The number of nitrogens with one attached hydrogen (secondary N) is 1. The zero-order valence-electron chi connectivity index (χ0n) is 17.2. The second-order valence-corrected chi connectivity index (χ2v) is 6.93. The molecule has 1 aromatic heterocycles. The van der Waals surface area contributed by atoms with E-state index in [1.165, 1.54) is 0 Å². The molecule has 4 rings (SSSR count). The summed E-state index contributed by atoms with van der Waals surface area (Å²) in [6.07, 6.45) is 0. The molecule has 0 bridgehead atoms. The van der Waals surface area contributed by atoms with Gasteiger partial charge in [0.05, 0.1) is 24.1 Å². The summed E-state index contributed by atoms with van der Waals surface area (Å²) in [5.74, 6) is 0.00750. The fourth-order valence-corrected chi connectivity index (χ4v) is 3.35. The summed E-state index contributed by atoms with van der Waals surface area (Å²) in [4.78, 5) is 26.4. The Morgan fingerprint density at radius 3 is 2.10 bits per heavy atom. The molecule has 154 valence electrons.